The van der Waals surface area contributed by atoms with E-state index in [-0.39, 0.29) is 0 Å². The van der Waals surface area contributed by atoms with E-state index in [0.29, 0.717) is 17.0 Å². The smallest absolute Gasteiger partial charge is 0.321 e. The average molecular weight is 423 g/mol. The number of aromatic nitrogens is 2. The maximum atomic E-state index is 12.2. The molecule has 3 amide bonds. The number of carbonyl (C=O) groups excluding carboxylic acids is 2. The van der Waals surface area contributed by atoms with Crippen molar-refractivity contribution in [1.82, 2.24) is 20.8 Å². The zero-order valence-electron chi connectivity index (χ0n) is 16.8. The van der Waals surface area contributed by atoms with Crippen LogP contribution in [0, 0.1) is 5.92 Å². The van der Waals surface area contributed by atoms with Gasteiger partial charge in [-0.2, -0.15) is 0 Å². The van der Waals surface area contributed by atoms with Crippen LogP contribution in [0.2, 0.25) is 0 Å². The Morgan fingerprint density at radius 1 is 1.36 bits per heavy atom. The molecule has 1 aliphatic carbocycles. The van der Waals surface area contributed by atoms with Gasteiger partial charge in [0.05, 0.1) is 10.1 Å². The van der Waals surface area contributed by atoms with Gasteiger partial charge in [0.25, 0.3) is 11.1 Å². The van der Waals surface area contributed by atoms with Gasteiger partial charge in [0.1, 0.15) is 0 Å². The first-order valence-corrected chi connectivity index (χ1v) is 11.1. The number of imide groups is 1. The van der Waals surface area contributed by atoms with Crippen molar-refractivity contribution in [2.45, 2.75) is 69.9 Å². The summed E-state index contributed by atoms with van der Waals surface area (Å²) in [4.78, 5) is 26.4. The van der Waals surface area contributed by atoms with E-state index < -0.39 is 22.7 Å². The number of nitrogens with zero attached hydrogens (tertiary/aromatic N) is 2. The second-order valence-corrected chi connectivity index (χ2v) is 10.7. The SMILES string of the molecule is CC1CCc2sc(-c3nnc(SC(C)C(=O)NC(=O)NC(C)(C)C)o3)cc2C1. The number of amides is 3. The highest BCUT2D eigenvalue weighted by Crippen LogP contribution is 2.37. The fourth-order valence-electron chi connectivity index (χ4n) is 2.96. The van der Waals surface area contributed by atoms with E-state index in [1.807, 2.05) is 20.8 Å². The predicted molar refractivity (Wildman–Crippen MR) is 111 cm³/mol. The lowest BCUT2D eigenvalue weighted by molar-refractivity contribution is -0.119. The molecule has 2 aromatic heterocycles. The topological polar surface area (TPSA) is 97.1 Å². The van der Waals surface area contributed by atoms with E-state index in [9.17, 15) is 9.59 Å². The van der Waals surface area contributed by atoms with Crippen molar-refractivity contribution < 1.29 is 14.0 Å². The predicted octanol–water partition coefficient (Wildman–Crippen LogP) is 4.03. The number of hydrogen-bond acceptors (Lipinski definition) is 7. The van der Waals surface area contributed by atoms with E-state index in [2.05, 4.69) is 33.8 Å². The van der Waals surface area contributed by atoms with E-state index in [4.69, 9.17) is 4.42 Å². The molecule has 2 aromatic rings. The number of carbonyl (C=O) groups is 2. The number of thioether (sulfide) groups is 1. The van der Waals surface area contributed by atoms with Gasteiger partial charge in [-0.15, -0.1) is 21.5 Å². The van der Waals surface area contributed by atoms with Crippen LogP contribution in [0.15, 0.2) is 15.7 Å². The van der Waals surface area contributed by atoms with Gasteiger partial charge in [0, 0.05) is 10.4 Å². The van der Waals surface area contributed by atoms with Crippen LogP contribution in [0.25, 0.3) is 10.8 Å². The molecule has 0 bridgehead atoms. The van der Waals surface area contributed by atoms with Gasteiger partial charge >= 0.3 is 6.03 Å². The van der Waals surface area contributed by atoms with Crippen molar-refractivity contribution in [2.75, 3.05) is 0 Å². The van der Waals surface area contributed by atoms with Crippen molar-refractivity contribution in [3.8, 4) is 10.8 Å². The van der Waals surface area contributed by atoms with Gasteiger partial charge in [-0.05, 0) is 64.5 Å². The fourth-order valence-corrected chi connectivity index (χ4v) is 4.77. The van der Waals surface area contributed by atoms with Crippen molar-refractivity contribution in [3.63, 3.8) is 0 Å². The summed E-state index contributed by atoms with van der Waals surface area (Å²) in [5, 5.41) is 13.0. The number of thiophene rings is 1. The van der Waals surface area contributed by atoms with Crippen LogP contribution in [0.5, 0.6) is 0 Å². The number of fused-ring (bicyclic) bond motifs is 1. The van der Waals surface area contributed by atoms with Crippen molar-refractivity contribution >= 4 is 35.0 Å². The van der Waals surface area contributed by atoms with Crippen LogP contribution in [0.3, 0.4) is 0 Å². The molecule has 152 valence electrons. The molecule has 2 atom stereocenters. The normalized spacial score (nSPS) is 17.7. The van der Waals surface area contributed by atoms with E-state index in [0.717, 1.165) is 29.5 Å². The molecule has 0 fully saturated rings. The number of hydrogen-bond donors (Lipinski definition) is 2. The molecular weight excluding hydrogens is 396 g/mol. The zero-order chi connectivity index (χ0) is 20.5. The zero-order valence-corrected chi connectivity index (χ0v) is 18.4. The Bertz CT molecular complexity index is 869. The van der Waals surface area contributed by atoms with E-state index in [1.54, 1.807) is 18.3 Å². The second kappa shape index (κ2) is 8.24. The lowest BCUT2D eigenvalue weighted by Crippen LogP contribution is -2.49. The second-order valence-electron chi connectivity index (χ2n) is 8.23. The summed E-state index contributed by atoms with van der Waals surface area (Å²) in [6, 6.07) is 1.62. The third-order valence-electron chi connectivity index (χ3n) is 4.32. The molecule has 0 aromatic carbocycles. The van der Waals surface area contributed by atoms with Crippen LogP contribution in [-0.4, -0.2) is 32.9 Å². The molecule has 1 aliphatic rings. The first-order chi connectivity index (χ1) is 13.1. The van der Waals surface area contributed by atoms with E-state index in [1.165, 1.54) is 16.9 Å². The van der Waals surface area contributed by atoms with Crippen LogP contribution in [0.1, 0.15) is 51.5 Å². The minimum Gasteiger partial charge on any atom is -0.410 e. The summed E-state index contributed by atoms with van der Waals surface area (Å²) >= 11 is 2.84. The van der Waals surface area contributed by atoms with Crippen LogP contribution < -0.4 is 10.6 Å². The Hall–Kier alpha value is -1.87. The average Bonchev–Trinajstić information content (AvgIpc) is 3.18. The quantitative estimate of drug-likeness (QED) is 0.722. The van der Waals surface area contributed by atoms with Crippen LogP contribution in [-0.2, 0) is 17.6 Å². The molecule has 0 saturated heterocycles. The van der Waals surface area contributed by atoms with Gasteiger partial charge in [-0.1, -0.05) is 18.7 Å². The molecule has 28 heavy (non-hydrogen) atoms. The summed E-state index contributed by atoms with van der Waals surface area (Å²) in [7, 11) is 0. The largest absolute Gasteiger partial charge is 0.410 e. The minimum absolute atomic E-state index is 0.314. The Labute approximate surface area is 173 Å². The first-order valence-electron chi connectivity index (χ1n) is 9.36. The highest BCUT2D eigenvalue weighted by molar-refractivity contribution is 8.00. The Morgan fingerprint density at radius 3 is 2.82 bits per heavy atom. The summed E-state index contributed by atoms with van der Waals surface area (Å²) in [5.41, 5.74) is 0.962. The van der Waals surface area contributed by atoms with Gasteiger partial charge in [-0.3, -0.25) is 10.1 Å². The maximum absolute atomic E-state index is 12.2. The van der Waals surface area contributed by atoms with E-state index >= 15 is 0 Å². The number of urea groups is 1. The molecule has 0 aliphatic heterocycles. The van der Waals surface area contributed by atoms with Crippen molar-refractivity contribution in [1.29, 1.82) is 0 Å². The summed E-state index contributed by atoms with van der Waals surface area (Å²) in [6.45, 7) is 9.50. The highest BCUT2D eigenvalue weighted by atomic mass is 32.2. The lowest BCUT2D eigenvalue weighted by Gasteiger charge is -2.20. The molecule has 2 N–H and O–H groups in total. The Morgan fingerprint density at radius 2 is 2.11 bits per heavy atom. The first kappa shape index (κ1) is 20.9. The number of nitrogens with one attached hydrogen (secondary N) is 2. The highest BCUT2D eigenvalue weighted by Gasteiger charge is 2.24. The van der Waals surface area contributed by atoms with Gasteiger partial charge in [0.15, 0.2) is 0 Å². The summed E-state index contributed by atoms with van der Waals surface area (Å²) < 4.78 is 5.75. The van der Waals surface area contributed by atoms with Crippen molar-refractivity contribution in [3.05, 3.63) is 16.5 Å². The maximum Gasteiger partial charge on any atom is 0.321 e. The van der Waals surface area contributed by atoms with Crippen LogP contribution in [0.4, 0.5) is 4.79 Å². The molecule has 2 unspecified atom stereocenters. The molecular formula is C19H26N4O3S2. The van der Waals surface area contributed by atoms with Gasteiger partial charge < -0.3 is 9.73 Å². The molecule has 0 saturated carbocycles. The van der Waals surface area contributed by atoms with Crippen molar-refractivity contribution in [2.24, 2.45) is 5.92 Å². The third-order valence-corrected chi connectivity index (χ3v) is 6.48. The summed E-state index contributed by atoms with van der Waals surface area (Å²) in [6.07, 6.45) is 3.41. The summed E-state index contributed by atoms with van der Waals surface area (Å²) in [5.74, 6) is 0.776. The molecule has 2 heterocycles. The molecule has 9 heteroatoms. The Kier molecular flexibility index (Phi) is 6.14. The van der Waals surface area contributed by atoms with Gasteiger partial charge in [-0.25, -0.2) is 4.79 Å². The molecule has 7 nitrogen and oxygen atoms in total. The number of aryl methyl sites for hydroxylation is 1. The monoisotopic (exact) mass is 422 g/mol. The van der Waals surface area contributed by atoms with Crippen LogP contribution >= 0.6 is 23.1 Å². The molecule has 0 radical (unpaired) electrons. The molecule has 3 rings (SSSR count). The lowest BCUT2D eigenvalue weighted by atomic mass is 9.90. The Balaban J connectivity index is 1.60. The number of rotatable bonds is 4. The molecule has 0 spiro atoms. The third kappa shape index (κ3) is 5.35. The minimum atomic E-state index is -0.545. The standard InChI is InChI=1S/C19H26N4O3S2/c1-10-6-7-13-12(8-10)9-14(28-13)16-22-23-18(26-16)27-11(2)15(24)20-17(25)21-19(3,4)5/h9-11H,6-8H2,1-5H3,(H2,20,21,24,25). The van der Waals surface area contributed by atoms with Gasteiger partial charge in [0.2, 0.25) is 5.91 Å². The fraction of sp³-hybridized carbons (Fsp3) is 0.579.